The Hall–Kier alpha value is -2.08. The van der Waals surface area contributed by atoms with Crippen molar-refractivity contribution in [2.24, 2.45) is 0 Å². The van der Waals surface area contributed by atoms with Crippen LogP contribution in [0.2, 0.25) is 0 Å². The first-order chi connectivity index (χ1) is 10.2. The van der Waals surface area contributed by atoms with Gasteiger partial charge in [-0.3, -0.25) is 5.10 Å². The second kappa shape index (κ2) is 4.73. The number of hydrogen-bond acceptors (Lipinski definition) is 5. The summed E-state index contributed by atoms with van der Waals surface area (Å²) < 4.78 is 0. The molecule has 0 fully saturated rings. The number of aromatic amines is 1. The van der Waals surface area contributed by atoms with Gasteiger partial charge in [0.05, 0.1) is 18.3 Å². The lowest BCUT2D eigenvalue weighted by Gasteiger charge is -2.16. The van der Waals surface area contributed by atoms with E-state index in [1.807, 2.05) is 19.2 Å². The zero-order valence-electron chi connectivity index (χ0n) is 11.9. The van der Waals surface area contributed by atoms with Gasteiger partial charge >= 0.3 is 0 Å². The summed E-state index contributed by atoms with van der Waals surface area (Å²) in [6, 6.07) is 1.91. The van der Waals surface area contributed by atoms with Crippen molar-refractivity contribution in [2.75, 3.05) is 0 Å². The maximum atomic E-state index is 4.80. The molecule has 5 nitrogen and oxygen atoms in total. The normalized spacial score (nSPS) is 16.6. The third-order valence-corrected chi connectivity index (χ3v) is 4.88. The van der Waals surface area contributed by atoms with E-state index in [0.717, 1.165) is 34.2 Å². The second-order valence-electron chi connectivity index (χ2n) is 5.47. The Morgan fingerprint density at radius 2 is 2.29 bits per heavy atom. The van der Waals surface area contributed by atoms with Gasteiger partial charge in [0.1, 0.15) is 10.8 Å². The van der Waals surface area contributed by atoms with Crippen molar-refractivity contribution in [2.45, 2.75) is 32.6 Å². The largest absolute Gasteiger partial charge is 0.282 e. The van der Waals surface area contributed by atoms with E-state index in [1.54, 1.807) is 17.5 Å². The van der Waals surface area contributed by atoms with Crippen molar-refractivity contribution in [3.8, 4) is 11.3 Å². The fourth-order valence-corrected chi connectivity index (χ4v) is 3.99. The molecule has 3 aromatic heterocycles. The molecule has 0 bridgehead atoms. The number of H-pyrrole nitrogens is 1. The summed E-state index contributed by atoms with van der Waals surface area (Å²) in [5.41, 5.74) is 4.43. The highest BCUT2D eigenvalue weighted by molar-refractivity contribution is 7.12. The molecule has 0 saturated heterocycles. The summed E-state index contributed by atoms with van der Waals surface area (Å²) in [6.07, 6.45) is 5.41. The lowest BCUT2D eigenvalue weighted by atomic mass is 9.91. The topological polar surface area (TPSA) is 67.3 Å². The fourth-order valence-electron chi connectivity index (χ4n) is 2.79. The van der Waals surface area contributed by atoms with Gasteiger partial charge in [-0.05, 0) is 19.4 Å². The molecule has 0 aliphatic heterocycles. The van der Waals surface area contributed by atoms with Gasteiger partial charge in [0.25, 0.3) is 0 Å². The number of fused-ring (bicyclic) bond motifs is 3. The Morgan fingerprint density at radius 1 is 1.38 bits per heavy atom. The molecule has 6 heteroatoms. The zero-order chi connectivity index (χ0) is 14.4. The minimum atomic E-state index is 0.471. The predicted molar refractivity (Wildman–Crippen MR) is 81.4 cm³/mol. The van der Waals surface area contributed by atoms with Crippen LogP contribution in [0.25, 0.3) is 11.3 Å². The standard InChI is InChI=1S/C15H15N5S/c1-8-5-11-15(10-7-17-20-14(8)10)19-13(21-11)6-12-16-4-3-9(2)18-12/h3-4,7-8H,5-6H2,1-2H3,(H,17,20). The highest BCUT2D eigenvalue weighted by atomic mass is 32.1. The minimum absolute atomic E-state index is 0.471. The van der Waals surface area contributed by atoms with E-state index in [4.69, 9.17) is 4.98 Å². The summed E-state index contributed by atoms with van der Waals surface area (Å²) in [5, 5.41) is 8.35. The first-order valence-corrected chi connectivity index (χ1v) is 7.83. The molecule has 1 atom stereocenters. The Morgan fingerprint density at radius 3 is 3.14 bits per heavy atom. The van der Waals surface area contributed by atoms with Gasteiger partial charge in [-0.25, -0.2) is 15.0 Å². The molecule has 0 saturated carbocycles. The second-order valence-corrected chi connectivity index (χ2v) is 6.64. The predicted octanol–water partition coefficient (Wildman–Crippen LogP) is 2.88. The van der Waals surface area contributed by atoms with Gasteiger partial charge in [-0.15, -0.1) is 11.3 Å². The molecular weight excluding hydrogens is 282 g/mol. The van der Waals surface area contributed by atoms with Crippen LogP contribution in [0.5, 0.6) is 0 Å². The van der Waals surface area contributed by atoms with Crippen molar-refractivity contribution in [1.82, 2.24) is 25.1 Å². The summed E-state index contributed by atoms with van der Waals surface area (Å²) in [7, 11) is 0. The van der Waals surface area contributed by atoms with E-state index < -0.39 is 0 Å². The van der Waals surface area contributed by atoms with E-state index in [0.29, 0.717) is 12.3 Å². The van der Waals surface area contributed by atoms with Crippen molar-refractivity contribution in [3.05, 3.63) is 45.6 Å². The van der Waals surface area contributed by atoms with Crippen LogP contribution in [0.1, 0.15) is 39.9 Å². The van der Waals surface area contributed by atoms with Crippen molar-refractivity contribution in [1.29, 1.82) is 0 Å². The van der Waals surface area contributed by atoms with Crippen LogP contribution in [0.15, 0.2) is 18.5 Å². The average molecular weight is 297 g/mol. The monoisotopic (exact) mass is 297 g/mol. The fraction of sp³-hybridized carbons (Fsp3) is 0.333. The van der Waals surface area contributed by atoms with E-state index in [-0.39, 0.29) is 0 Å². The number of aromatic nitrogens is 5. The molecule has 1 unspecified atom stereocenters. The van der Waals surface area contributed by atoms with E-state index in [9.17, 15) is 0 Å². The molecule has 1 N–H and O–H groups in total. The van der Waals surface area contributed by atoms with Gasteiger partial charge < -0.3 is 0 Å². The van der Waals surface area contributed by atoms with Gasteiger partial charge in [0, 0.05) is 33.9 Å². The van der Waals surface area contributed by atoms with Gasteiger partial charge in [0.15, 0.2) is 0 Å². The van der Waals surface area contributed by atoms with Crippen LogP contribution in [-0.4, -0.2) is 25.1 Å². The van der Waals surface area contributed by atoms with Crippen LogP contribution in [0.4, 0.5) is 0 Å². The lowest BCUT2D eigenvalue weighted by molar-refractivity contribution is 0.723. The third-order valence-electron chi connectivity index (χ3n) is 3.80. The van der Waals surface area contributed by atoms with E-state index in [2.05, 4.69) is 27.1 Å². The van der Waals surface area contributed by atoms with Gasteiger partial charge in [0.2, 0.25) is 0 Å². The molecule has 3 heterocycles. The summed E-state index contributed by atoms with van der Waals surface area (Å²) in [5.74, 6) is 1.31. The summed E-state index contributed by atoms with van der Waals surface area (Å²) >= 11 is 1.77. The smallest absolute Gasteiger partial charge is 0.135 e. The van der Waals surface area contributed by atoms with E-state index in [1.165, 1.54) is 10.6 Å². The SMILES string of the molecule is Cc1ccnc(Cc2nc3c(s2)CC(C)c2[nH]ncc2-3)n1. The Balaban J connectivity index is 1.71. The summed E-state index contributed by atoms with van der Waals surface area (Å²) in [4.78, 5) is 14.9. The molecule has 21 heavy (non-hydrogen) atoms. The van der Waals surface area contributed by atoms with Crippen LogP contribution >= 0.6 is 11.3 Å². The molecule has 1 aliphatic rings. The van der Waals surface area contributed by atoms with Gasteiger partial charge in [-0.2, -0.15) is 5.10 Å². The number of thiazole rings is 1. The Bertz CT molecular complexity index is 804. The molecule has 0 aromatic carbocycles. The Kier molecular flexibility index (Phi) is 2.85. The molecular formula is C15H15N5S. The molecule has 0 spiro atoms. The highest BCUT2D eigenvalue weighted by Gasteiger charge is 2.27. The minimum Gasteiger partial charge on any atom is -0.282 e. The average Bonchev–Trinajstić information content (AvgIpc) is 3.05. The van der Waals surface area contributed by atoms with E-state index >= 15 is 0 Å². The van der Waals surface area contributed by atoms with Crippen LogP contribution in [0, 0.1) is 6.92 Å². The first-order valence-electron chi connectivity index (χ1n) is 7.01. The molecule has 0 radical (unpaired) electrons. The highest BCUT2D eigenvalue weighted by Crippen LogP contribution is 2.40. The van der Waals surface area contributed by atoms with Crippen molar-refractivity contribution in [3.63, 3.8) is 0 Å². The zero-order valence-corrected chi connectivity index (χ0v) is 12.7. The van der Waals surface area contributed by atoms with Gasteiger partial charge in [-0.1, -0.05) is 6.92 Å². The maximum Gasteiger partial charge on any atom is 0.135 e. The number of nitrogens with zero attached hydrogens (tertiary/aromatic N) is 4. The van der Waals surface area contributed by atoms with Crippen LogP contribution < -0.4 is 0 Å². The van der Waals surface area contributed by atoms with Crippen molar-refractivity contribution < 1.29 is 0 Å². The number of nitrogens with one attached hydrogen (secondary N) is 1. The number of rotatable bonds is 2. The number of aryl methyl sites for hydroxylation is 1. The summed E-state index contributed by atoms with van der Waals surface area (Å²) in [6.45, 7) is 4.21. The first kappa shape index (κ1) is 12.6. The molecule has 3 aromatic rings. The maximum absolute atomic E-state index is 4.80. The molecule has 4 rings (SSSR count). The molecule has 0 amide bonds. The lowest BCUT2D eigenvalue weighted by Crippen LogP contribution is -2.06. The Labute approximate surface area is 126 Å². The third kappa shape index (κ3) is 2.15. The molecule has 106 valence electrons. The van der Waals surface area contributed by atoms with Crippen LogP contribution in [0.3, 0.4) is 0 Å². The van der Waals surface area contributed by atoms with Crippen molar-refractivity contribution >= 4 is 11.3 Å². The molecule has 1 aliphatic carbocycles. The number of hydrogen-bond donors (Lipinski definition) is 1. The quantitative estimate of drug-likeness (QED) is 0.789. The van der Waals surface area contributed by atoms with Crippen LogP contribution in [-0.2, 0) is 12.8 Å².